The SMILES string of the molecule is CCc1ccc(C2CCCCCN2Cc2cnc3c(c2)c(C)nn3C)o1. The van der Waals surface area contributed by atoms with Crippen molar-refractivity contribution in [1.82, 2.24) is 19.7 Å². The second-order valence-corrected chi connectivity index (χ2v) is 7.42. The van der Waals surface area contributed by atoms with Crippen molar-refractivity contribution in [3.05, 3.63) is 47.2 Å². The third-order valence-corrected chi connectivity index (χ3v) is 5.53. The van der Waals surface area contributed by atoms with Crippen LogP contribution < -0.4 is 0 Å². The van der Waals surface area contributed by atoms with Gasteiger partial charge in [-0.2, -0.15) is 5.10 Å². The molecule has 0 aromatic carbocycles. The molecule has 0 aliphatic carbocycles. The summed E-state index contributed by atoms with van der Waals surface area (Å²) in [6.07, 6.45) is 7.94. The van der Waals surface area contributed by atoms with Gasteiger partial charge in [-0.15, -0.1) is 0 Å². The van der Waals surface area contributed by atoms with E-state index in [4.69, 9.17) is 4.42 Å². The average molecular weight is 352 g/mol. The first-order valence-corrected chi connectivity index (χ1v) is 9.76. The van der Waals surface area contributed by atoms with Gasteiger partial charge < -0.3 is 4.42 Å². The molecule has 26 heavy (non-hydrogen) atoms. The van der Waals surface area contributed by atoms with Crippen molar-refractivity contribution in [3.8, 4) is 0 Å². The molecule has 5 heteroatoms. The highest BCUT2D eigenvalue weighted by molar-refractivity contribution is 5.78. The second kappa shape index (κ2) is 7.23. The van der Waals surface area contributed by atoms with Gasteiger partial charge in [-0.1, -0.05) is 19.8 Å². The van der Waals surface area contributed by atoms with E-state index in [9.17, 15) is 0 Å². The van der Waals surface area contributed by atoms with E-state index < -0.39 is 0 Å². The number of hydrogen-bond acceptors (Lipinski definition) is 4. The van der Waals surface area contributed by atoms with E-state index in [0.29, 0.717) is 6.04 Å². The zero-order valence-electron chi connectivity index (χ0n) is 16.0. The second-order valence-electron chi connectivity index (χ2n) is 7.42. The first kappa shape index (κ1) is 17.3. The quantitative estimate of drug-likeness (QED) is 0.691. The molecular formula is C21H28N4O. The van der Waals surface area contributed by atoms with Crippen LogP contribution in [0.4, 0.5) is 0 Å². The molecule has 3 aromatic heterocycles. The molecule has 138 valence electrons. The molecule has 1 unspecified atom stereocenters. The lowest BCUT2D eigenvalue weighted by molar-refractivity contribution is 0.168. The Labute approximate surface area is 155 Å². The summed E-state index contributed by atoms with van der Waals surface area (Å²) in [5.74, 6) is 2.20. The molecule has 1 saturated heterocycles. The third kappa shape index (κ3) is 3.28. The van der Waals surface area contributed by atoms with Crippen LogP contribution in [0.2, 0.25) is 0 Å². The van der Waals surface area contributed by atoms with Crippen LogP contribution in [-0.4, -0.2) is 26.2 Å². The van der Waals surface area contributed by atoms with E-state index in [-0.39, 0.29) is 0 Å². The molecule has 0 bridgehead atoms. The van der Waals surface area contributed by atoms with Crippen LogP contribution in [0.1, 0.15) is 61.4 Å². The molecule has 0 N–H and O–H groups in total. The minimum Gasteiger partial charge on any atom is -0.464 e. The van der Waals surface area contributed by atoms with Gasteiger partial charge in [0.25, 0.3) is 0 Å². The van der Waals surface area contributed by atoms with Crippen LogP contribution in [-0.2, 0) is 20.0 Å². The lowest BCUT2D eigenvalue weighted by atomic mass is 10.1. The number of likely N-dealkylation sites (tertiary alicyclic amines) is 1. The van der Waals surface area contributed by atoms with Crippen molar-refractivity contribution in [3.63, 3.8) is 0 Å². The number of rotatable bonds is 4. The standard InChI is InChI=1S/C21H28N4O/c1-4-17-9-10-20(26-17)19-8-6-5-7-11-25(19)14-16-12-18-15(2)23-24(3)21(18)22-13-16/h9-10,12-13,19H,4-8,11,14H2,1-3H3. The number of fused-ring (bicyclic) bond motifs is 1. The summed E-state index contributed by atoms with van der Waals surface area (Å²) in [5, 5.41) is 5.65. The highest BCUT2D eigenvalue weighted by Gasteiger charge is 2.25. The van der Waals surface area contributed by atoms with Gasteiger partial charge >= 0.3 is 0 Å². The fraction of sp³-hybridized carbons (Fsp3) is 0.524. The largest absolute Gasteiger partial charge is 0.464 e. The van der Waals surface area contributed by atoms with Gasteiger partial charge in [0.05, 0.1) is 11.7 Å². The summed E-state index contributed by atoms with van der Waals surface area (Å²) in [6, 6.07) is 6.93. The van der Waals surface area contributed by atoms with E-state index in [1.54, 1.807) is 0 Å². The van der Waals surface area contributed by atoms with E-state index in [1.807, 2.05) is 17.9 Å². The van der Waals surface area contributed by atoms with E-state index in [0.717, 1.165) is 54.2 Å². The maximum absolute atomic E-state index is 6.12. The van der Waals surface area contributed by atoms with Gasteiger partial charge in [-0.3, -0.25) is 9.58 Å². The molecule has 1 aliphatic heterocycles. The first-order valence-electron chi connectivity index (χ1n) is 9.76. The minimum atomic E-state index is 0.364. The highest BCUT2D eigenvalue weighted by atomic mass is 16.3. The monoisotopic (exact) mass is 352 g/mol. The van der Waals surface area contributed by atoms with Crippen molar-refractivity contribution < 1.29 is 4.42 Å². The number of aromatic nitrogens is 3. The first-order chi connectivity index (χ1) is 12.7. The molecule has 0 radical (unpaired) electrons. The van der Waals surface area contributed by atoms with Gasteiger partial charge in [0.2, 0.25) is 0 Å². The van der Waals surface area contributed by atoms with E-state index >= 15 is 0 Å². The van der Waals surface area contributed by atoms with Crippen molar-refractivity contribution in [2.24, 2.45) is 7.05 Å². The lowest BCUT2D eigenvalue weighted by Crippen LogP contribution is -2.28. The van der Waals surface area contributed by atoms with Crippen LogP contribution in [0.3, 0.4) is 0 Å². The summed E-state index contributed by atoms with van der Waals surface area (Å²) in [5.41, 5.74) is 3.25. The topological polar surface area (TPSA) is 47.1 Å². The smallest absolute Gasteiger partial charge is 0.157 e. The molecule has 4 heterocycles. The molecule has 0 saturated carbocycles. The molecule has 4 rings (SSSR count). The maximum Gasteiger partial charge on any atom is 0.157 e. The number of furan rings is 1. The Morgan fingerprint density at radius 3 is 2.92 bits per heavy atom. The van der Waals surface area contributed by atoms with Crippen molar-refractivity contribution in [2.45, 2.75) is 58.5 Å². The van der Waals surface area contributed by atoms with E-state index in [2.05, 4.69) is 47.0 Å². The molecule has 1 fully saturated rings. The Hall–Kier alpha value is -2.14. The van der Waals surface area contributed by atoms with Crippen molar-refractivity contribution in [1.29, 1.82) is 0 Å². The van der Waals surface area contributed by atoms with Crippen molar-refractivity contribution >= 4 is 11.0 Å². The predicted molar refractivity (Wildman–Crippen MR) is 103 cm³/mol. The number of pyridine rings is 1. The summed E-state index contributed by atoms with van der Waals surface area (Å²) in [7, 11) is 1.95. The summed E-state index contributed by atoms with van der Waals surface area (Å²) in [4.78, 5) is 7.23. The Balaban J connectivity index is 1.62. The zero-order chi connectivity index (χ0) is 18.1. The van der Waals surface area contributed by atoms with Crippen LogP contribution in [0, 0.1) is 6.92 Å². The van der Waals surface area contributed by atoms with Gasteiger partial charge in [-0.05, 0) is 50.1 Å². The van der Waals surface area contributed by atoms with Gasteiger partial charge in [0.1, 0.15) is 11.5 Å². The molecule has 1 atom stereocenters. The minimum absolute atomic E-state index is 0.364. The van der Waals surface area contributed by atoms with Crippen LogP contribution in [0.5, 0.6) is 0 Å². The number of nitrogens with zero attached hydrogens (tertiary/aromatic N) is 4. The van der Waals surface area contributed by atoms with Crippen molar-refractivity contribution in [2.75, 3.05) is 6.54 Å². The average Bonchev–Trinajstić information content (AvgIpc) is 3.14. The normalized spacial score (nSPS) is 19.1. The Kier molecular flexibility index (Phi) is 4.81. The molecule has 0 spiro atoms. The summed E-state index contributed by atoms with van der Waals surface area (Å²) < 4.78 is 7.98. The third-order valence-electron chi connectivity index (χ3n) is 5.53. The lowest BCUT2D eigenvalue weighted by Gasteiger charge is -2.28. The zero-order valence-corrected chi connectivity index (χ0v) is 16.0. The molecular weight excluding hydrogens is 324 g/mol. The Bertz CT molecular complexity index is 895. The Morgan fingerprint density at radius 2 is 2.12 bits per heavy atom. The summed E-state index contributed by atoms with van der Waals surface area (Å²) in [6.45, 7) is 6.21. The Morgan fingerprint density at radius 1 is 1.23 bits per heavy atom. The highest BCUT2D eigenvalue weighted by Crippen LogP contribution is 2.33. The van der Waals surface area contributed by atoms with Gasteiger partial charge in [0.15, 0.2) is 5.65 Å². The van der Waals surface area contributed by atoms with Gasteiger partial charge in [-0.25, -0.2) is 4.98 Å². The maximum atomic E-state index is 6.12. The number of hydrogen-bond donors (Lipinski definition) is 0. The van der Waals surface area contributed by atoms with Gasteiger partial charge in [0, 0.05) is 31.6 Å². The number of aryl methyl sites for hydroxylation is 3. The molecule has 3 aromatic rings. The van der Waals surface area contributed by atoms with Crippen LogP contribution in [0.15, 0.2) is 28.8 Å². The molecule has 5 nitrogen and oxygen atoms in total. The predicted octanol–water partition coefficient (Wildman–Crippen LogP) is 4.55. The molecule has 1 aliphatic rings. The van der Waals surface area contributed by atoms with E-state index in [1.165, 1.54) is 24.8 Å². The molecule has 0 amide bonds. The fourth-order valence-electron chi connectivity index (χ4n) is 4.11. The van der Waals surface area contributed by atoms with Crippen LogP contribution >= 0.6 is 0 Å². The van der Waals surface area contributed by atoms with Crippen LogP contribution in [0.25, 0.3) is 11.0 Å². The fourth-order valence-corrected chi connectivity index (χ4v) is 4.11. The summed E-state index contributed by atoms with van der Waals surface area (Å²) >= 11 is 0.